The summed E-state index contributed by atoms with van der Waals surface area (Å²) in [6.45, 7) is 1.69. The monoisotopic (exact) mass is 374 g/mol. The Bertz CT molecular complexity index is 981. The van der Waals surface area contributed by atoms with Gasteiger partial charge in [0.1, 0.15) is 5.69 Å². The van der Waals surface area contributed by atoms with E-state index in [9.17, 15) is 13.6 Å². The van der Waals surface area contributed by atoms with E-state index in [2.05, 4.69) is 20.6 Å². The molecule has 2 N–H and O–H groups in total. The van der Waals surface area contributed by atoms with Gasteiger partial charge in [-0.2, -0.15) is 0 Å². The lowest BCUT2D eigenvalue weighted by molar-refractivity contribution is 0.102. The van der Waals surface area contributed by atoms with Gasteiger partial charge in [0.2, 0.25) is 5.95 Å². The van der Waals surface area contributed by atoms with E-state index >= 15 is 0 Å². The average Bonchev–Trinajstić information content (AvgIpc) is 2.58. The third-order valence-corrected chi connectivity index (χ3v) is 3.58. The van der Waals surface area contributed by atoms with Gasteiger partial charge in [0.15, 0.2) is 11.6 Å². The molecule has 1 heterocycles. The summed E-state index contributed by atoms with van der Waals surface area (Å²) >= 11 is 5.89. The smallest absolute Gasteiger partial charge is 0.274 e. The van der Waals surface area contributed by atoms with E-state index in [1.807, 2.05) is 0 Å². The van der Waals surface area contributed by atoms with Crippen molar-refractivity contribution < 1.29 is 13.6 Å². The van der Waals surface area contributed by atoms with Gasteiger partial charge >= 0.3 is 0 Å². The molecule has 0 aliphatic heterocycles. The lowest BCUT2D eigenvalue weighted by Crippen LogP contribution is -2.15. The van der Waals surface area contributed by atoms with Gasteiger partial charge in [-0.3, -0.25) is 4.79 Å². The summed E-state index contributed by atoms with van der Waals surface area (Å²) in [6, 6.07) is 11.5. The van der Waals surface area contributed by atoms with Crippen molar-refractivity contribution >= 4 is 34.8 Å². The highest BCUT2D eigenvalue weighted by Crippen LogP contribution is 2.19. The highest BCUT2D eigenvalue weighted by atomic mass is 35.5. The van der Waals surface area contributed by atoms with Crippen LogP contribution in [-0.4, -0.2) is 15.9 Å². The Balaban J connectivity index is 1.82. The van der Waals surface area contributed by atoms with Crippen molar-refractivity contribution in [2.24, 2.45) is 0 Å². The number of rotatable bonds is 4. The standard InChI is InChI=1S/C18H13ClF2N4O/c1-10-7-16(17(26)23-12-4-2-3-11(19)8-12)25-18(22-10)24-13-5-6-14(20)15(21)9-13/h2-9H,1H3,(H,23,26)(H,22,24,25). The average molecular weight is 375 g/mol. The molecule has 26 heavy (non-hydrogen) atoms. The summed E-state index contributed by atoms with van der Waals surface area (Å²) in [5.74, 6) is -2.32. The maximum atomic E-state index is 13.3. The summed E-state index contributed by atoms with van der Waals surface area (Å²) in [5.41, 5.74) is 1.42. The fraction of sp³-hybridized carbons (Fsp3) is 0.0556. The molecule has 0 radical (unpaired) electrons. The Labute approximate surface area is 153 Å². The highest BCUT2D eigenvalue weighted by molar-refractivity contribution is 6.30. The van der Waals surface area contributed by atoms with Crippen molar-refractivity contribution in [1.82, 2.24) is 9.97 Å². The van der Waals surface area contributed by atoms with E-state index in [1.54, 1.807) is 31.2 Å². The number of carbonyl (C=O) groups is 1. The van der Waals surface area contributed by atoms with Crippen LogP contribution in [0.1, 0.15) is 16.2 Å². The Hall–Kier alpha value is -3.06. The first kappa shape index (κ1) is 17.8. The molecular weight excluding hydrogens is 362 g/mol. The van der Waals surface area contributed by atoms with Crippen molar-refractivity contribution in [3.63, 3.8) is 0 Å². The first-order valence-electron chi connectivity index (χ1n) is 7.55. The molecule has 0 unspecified atom stereocenters. The molecule has 3 rings (SSSR count). The van der Waals surface area contributed by atoms with Crippen molar-refractivity contribution in [3.8, 4) is 0 Å². The van der Waals surface area contributed by atoms with E-state index in [4.69, 9.17) is 11.6 Å². The molecule has 0 spiro atoms. The van der Waals surface area contributed by atoms with Crippen molar-refractivity contribution in [2.75, 3.05) is 10.6 Å². The number of hydrogen-bond acceptors (Lipinski definition) is 4. The number of halogens is 3. The zero-order valence-electron chi connectivity index (χ0n) is 13.6. The minimum atomic E-state index is -0.999. The molecular formula is C18H13ClF2N4O. The minimum absolute atomic E-state index is 0.0900. The Morgan fingerprint density at radius 3 is 2.54 bits per heavy atom. The topological polar surface area (TPSA) is 66.9 Å². The molecule has 3 aromatic rings. The molecule has 1 aromatic heterocycles. The third-order valence-electron chi connectivity index (χ3n) is 3.35. The Morgan fingerprint density at radius 1 is 1.00 bits per heavy atom. The first-order valence-corrected chi connectivity index (χ1v) is 7.93. The summed E-state index contributed by atoms with van der Waals surface area (Å²) < 4.78 is 26.3. The van der Waals surface area contributed by atoms with Crippen LogP contribution in [0.3, 0.4) is 0 Å². The van der Waals surface area contributed by atoms with Gasteiger partial charge in [-0.15, -0.1) is 0 Å². The maximum absolute atomic E-state index is 13.3. The van der Waals surface area contributed by atoms with Crippen LogP contribution in [0, 0.1) is 18.6 Å². The van der Waals surface area contributed by atoms with E-state index in [0.29, 0.717) is 16.4 Å². The SMILES string of the molecule is Cc1cc(C(=O)Nc2cccc(Cl)c2)nc(Nc2ccc(F)c(F)c2)n1. The van der Waals surface area contributed by atoms with Crippen LogP contribution in [0.15, 0.2) is 48.5 Å². The predicted octanol–water partition coefficient (Wildman–Crippen LogP) is 4.71. The van der Waals surface area contributed by atoms with Gasteiger partial charge in [0, 0.05) is 28.2 Å². The largest absolute Gasteiger partial charge is 0.324 e. The molecule has 0 atom stereocenters. The van der Waals surface area contributed by atoms with Gasteiger partial charge in [0.05, 0.1) is 0 Å². The minimum Gasteiger partial charge on any atom is -0.324 e. The lowest BCUT2D eigenvalue weighted by atomic mass is 10.2. The molecule has 0 aliphatic carbocycles. The molecule has 0 bridgehead atoms. The van der Waals surface area contributed by atoms with Gasteiger partial charge in [-0.05, 0) is 43.3 Å². The molecule has 0 saturated heterocycles. The Morgan fingerprint density at radius 2 is 1.81 bits per heavy atom. The van der Waals surface area contributed by atoms with Crippen LogP contribution < -0.4 is 10.6 Å². The zero-order chi connectivity index (χ0) is 18.7. The zero-order valence-corrected chi connectivity index (χ0v) is 14.3. The number of anilines is 3. The number of amides is 1. The number of aromatic nitrogens is 2. The van der Waals surface area contributed by atoms with Crippen LogP contribution >= 0.6 is 11.6 Å². The summed E-state index contributed by atoms with van der Waals surface area (Å²) in [4.78, 5) is 20.7. The van der Waals surface area contributed by atoms with Crippen LogP contribution in [0.4, 0.5) is 26.1 Å². The predicted molar refractivity (Wildman–Crippen MR) is 95.8 cm³/mol. The van der Waals surface area contributed by atoms with Crippen LogP contribution in [-0.2, 0) is 0 Å². The van der Waals surface area contributed by atoms with E-state index < -0.39 is 17.5 Å². The number of aryl methyl sites for hydroxylation is 1. The molecule has 0 saturated carbocycles. The number of nitrogens with one attached hydrogen (secondary N) is 2. The second-order valence-corrected chi connectivity index (χ2v) is 5.87. The van der Waals surface area contributed by atoms with Crippen molar-refractivity contribution in [1.29, 1.82) is 0 Å². The van der Waals surface area contributed by atoms with Gasteiger partial charge in [-0.1, -0.05) is 17.7 Å². The number of nitrogens with zero attached hydrogens (tertiary/aromatic N) is 2. The van der Waals surface area contributed by atoms with Crippen LogP contribution in [0.5, 0.6) is 0 Å². The molecule has 0 aliphatic rings. The van der Waals surface area contributed by atoms with Crippen molar-refractivity contribution in [3.05, 3.63) is 76.6 Å². The van der Waals surface area contributed by atoms with Crippen LogP contribution in [0.25, 0.3) is 0 Å². The molecule has 0 fully saturated rings. The number of carbonyl (C=O) groups excluding carboxylic acids is 1. The molecule has 5 nitrogen and oxygen atoms in total. The van der Waals surface area contributed by atoms with Crippen LogP contribution in [0.2, 0.25) is 5.02 Å². The van der Waals surface area contributed by atoms with E-state index in [0.717, 1.165) is 12.1 Å². The second kappa shape index (κ2) is 7.45. The molecule has 8 heteroatoms. The first-order chi connectivity index (χ1) is 12.4. The fourth-order valence-electron chi connectivity index (χ4n) is 2.21. The van der Waals surface area contributed by atoms with Gasteiger partial charge in [0.25, 0.3) is 5.91 Å². The second-order valence-electron chi connectivity index (χ2n) is 5.44. The van der Waals surface area contributed by atoms with E-state index in [-0.39, 0.29) is 17.3 Å². The van der Waals surface area contributed by atoms with Gasteiger partial charge in [-0.25, -0.2) is 18.7 Å². The summed E-state index contributed by atoms with van der Waals surface area (Å²) in [7, 11) is 0. The van der Waals surface area contributed by atoms with Crippen molar-refractivity contribution in [2.45, 2.75) is 6.92 Å². The molecule has 132 valence electrons. The quantitative estimate of drug-likeness (QED) is 0.694. The van der Waals surface area contributed by atoms with E-state index in [1.165, 1.54) is 12.1 Å². The number of hydrogen-bond donors (Lipinski definition) is 2. The normalized spacial score (nSPS) is 10.5. The van der Waals surface area contributed by atoms with Gasteiger partial charge < -0.3 is 10.6 Å². The fourth-order valence-corrected chi connectivity index (χ4v) is 2.40. The summed E-state index contributed by atoms with van der Waals surface area (Å²) in [6.07, 6.45) is 0. The highest BCUT2D eigenvalue weighted by Gasteiger charge is 2.12. The third kappa shape index (κ3) is 4.31. The molecule has 2 aromatic carbocycles. The summed E-state index contributed by atoms with van der Waals surface area (Å²) in [5, 5.41) is 5.92. The molecule has 1 amide bonds. The lowest BCUT2D eigenvalue weighted by Gasteiger charge is -2.09. The maximum Gasteiger partial charge on any atom is 0.274 e. The Kier molecular flexibility index (Phi) is 5.09. The number of benzene rings is 2.